The molecule has 0 spiro atoms. The van der Waals surface area contributed by atoms with Crippen LogP contribution in [0.25, 0.3) is 11.1 Å². The van der Waals surface area contributed by atoms with Crippen LogP contribution in [-0.4, -0.2) is 13.4 Å². The molecule has 0 saturated heterocycles. The van der Waals surface area contributed by atoms with Crippen LogP contribution in [0.3, 0.4) is 0 Å². The van der Waals surface area contributed by atoms with Crippen LogP contribution in [0.15, 0.2) is 36.4 Å². The van der Waals surface area contributed by atoms with Gasteiger partial charge < -0.3 is 4.74 Å². The van der Waals surface area contributed by atoms with E-state index in [1.54, 1.807) is 0 Å². The van der Waals surface area contributed by atoms with Crippen molar-refractivity contribution in [2.75, 3.05) is 7.11 Å². The van der Waals surface area contributed by atoms with Crippen molar-refractivity contribution >= 4 is 6.29 Å². The highest BCUT2D eigenvalue weighted by Crippen LogP contribution is 2.35. The monoisotopic (exact) mass is 287 g/mol. The van der Waals surface area contributed by atoms with Crippen molar-refractivity contribution in [3.05, 3.63) is 53.1 Å². The first-order valence-electron chi connectivity index (χ1n) is 6.06. The zero-order valence-corrected chi connectivity index (χ0v) is 11.1. The van der Waals surface area contributed by atoms with Crippen molar-refractivity contribution in [2.24, 2.45) is 0 Å². The Kier molecular flexibility index (Phi) is 4.29. The predicted molar refractivity (Wildman–Crippen MR) is 73.5 cm³/mol. The largest absolute Gasteiger partial charge is 0.496 e. The molecule has 0 aromatic heterocycles. The first-order valence-corrected chi connectivity index (χ1v) is 6.06. The quantitative estimate of drug-likeness (QED) is 0.799. The van der Waals surface area contributed by atoms with Gasteiger partial charge in [0.2, 0.25) is 0 Å². The van der Waals surface area contributed by atoms with Crippen molar-refractivity contribution in [3.63, 3.8) is 0 Å². The Morgan fingerprint density at radius 1 is 1.19 bits per heavy atom. The van der Waals surface area contributed by atoms with Crippen LogP contribution >= 0.6 is 0 Å². The highest BCUT2D eigenvalue weighted by atomic mass is 19.3. The fraction of sp³-hybridized carbons (Fsp3) is 0.125. The molecule has 0 N–H and O–H groups in total. The van der Waals surface area contributed by atoms with Crippen molar-refractivity contribution in [1.82, 2.24) is 0 Å². The molecule has 21 heavy (non-hydrogen) atoms. The molecular formula is C16H11F2NO2. The minimum absolute atomic E-state index is 0.176. The number of carbonyl (C=O) groups excluding carboxylic acids is 1. The smallest absolute Gasteiger partial charge is 0.263 e. The number of hydrogen-bond acceptors (Lipinski definition) is 3. The summed E-state index contributed by atoms with van der Waals surface area (Å²) in [6.07, 6.45) is -2.01. The maximum absolute atomic E-state index is 12.9. The Labute approximate surface area is 120 Å². The Bertz CT molecular complexity index is 721. The molecule has 0 fully saturated rings. The summed E-state index contributed by atoms with van der Waals surface area (Å²) < 4.78 is 30.9. The number of hydrogen-bond donors (Lipinski definition) is 0. The third kappa shape index (κ3) is 2.90. The van der Waals surface area contributed by atoms with Gasteiger partial charge in [0.15, 0.2) is 6.29 Å². The topological polar surface area (TPSA) is 50.1 Å². The third-order valence-electron chi connectivity index (χ3n) is 3.08. The molecule has 0 heterocycles. The first-order chi connectivity index (χ1) is 10.1. The van der Waals surface area contributed by atoms with Gasteiger partial charge in [0.05, 0.1) is 18.7 Å². The lowest BCUT2D eigenvalue weighted by molar-refractivity contribution is 0.112. The van der Waals surface area contributed by atoms with Crippen LogP contribution in [0.2, 0.25) is 0 Å². The van der Waals surface area contributed by atoms with E-state index in [0.29, 0.717) is 34.3 Å². The lowest BCUT2D eigenvalue weighted by Crippen LogP contribution is -1.95. The number of methoxy groups -OCH3 is 1. The fourth-order valence-corrected chi connectivity index (χ4v) is 2.03. The molecule has 2 aromatic carbocycles. The van der Waals surface area contributed by atoms with E-state index in [-0.39, 0.29) is 5.56 Å². The summed E-state index contributed by atoms with van der Waals surface area (Å²) in [4.78, 5) is 11.1. The normalized spacial score (nSPS) is 10.2. The van der Waals surface area contributed by atoms with Gasteiger partial charge in [-0.1, -0.05) is 0 Å². The minimum atomic E-state index is -2.63. The van der Waals surface area contributed by atoms with Gasteiger partial charge in [-0.3, -0.25) is 4.79 Å². The maximum atomic E-state index is 12.9. The summed E-state index contributed by atoms with van der Waals surface area (Å²) in [6.45, 7) is 0. The zero-order chi connectivity index (χ0) is 15.4. The molecule has 0 amide bonds. The standard InChI is InChI=1S/C16H11F2NO2/c1-21-15-5-4-11(16(17)18)7-14(15)13-6-10(8-19)2-3-12(13)9-20/h2-7,9,16H,1H3. The number of benzene rings is 2. The van der Waals surface area contributed by atoms with Crippen LogP contribution in [0.1, 0.15) is 27.9 Å². The fourth-order valence-electron chi connectivity index (χ4n) is 2.03. The number of nitrogens with zero attached hydrogens (tertiary/aromatic N) is 1. The van der Waals surface area contributed by atoms with Gasteiger partial charge >= 0.3 is 0 Å². The van der Waals surface area contributed by atoms with Crippen LogP contribution in [-0.2, 0) is 0 Å². The van der Waals surface area contributed by atoms with Crippen molar-refractivity contribution in [1.29, 1.82) is 5.26 Å². The average molecular weight is 287 g/mol. The molecule has 0 saturated carbocycles. The van der Waals surface area contributed by atoms with E-state index < -0.39 is 6.43 Å². The van der Waals surface area contributed by atoms with Gasteiger partial charge in [-0.2, -0.15) is 5.26 Å². The van der Waals surface area contributed by atoms with Crippen molar-refractivity contribution in [3.8, 4) is 22.9 Å². The molecule has 106 valence electrons. The van der Waals surface area contributed by atoms with Crippen LogP contribution < -0.4 is 4.74 Å². The Morgan fingerprint density at radius 3 is 2.52 bits per heavy atom. The van der Waals surface area contributed by atoms with Gasteiger partial charge in [-0.05, 0) is 42.0 Å². The highest BCUT2D eigenvalue weighted by molar-refractivity contribution is 5.90. The lowest BCUT2D eigenvalue weighted by atomic mass is 9.96. The van der Waals surface area contributed by atoms with Crippen LogP contribution in [0, 0.1) is 11.3 Å². The molecule has 3 nitrogen and oxygen atoms in total. The number of ether oxygens (including phenoxy) is 1. The molecule has 5 heteroatoms. The number of nitriles is 1. The molecule has 0 radical (unpaired) electrons. The van der Waals surface area contributed by atoms with Gasteiger partial charge in [0, 0.05) is 16.7 Å². The summed E-state index contributed by atoms with van der Waals surface area (Å²) in [7, 11) is 1.41. The zero-order valence-electron chi connectivity index (χ0n) is 11.1. The number of alkyl halides is 2. The van der Waals surface area contributed by atoms with Gasteiger partial charge in [-0.25, -0.2) is 8.78 Å². The third-order valence-corrected chi connectivity index (χ3v) is 3.08. The van der Waals surface area contributed by atoms with E-state index in [4.69, 9.17) is 10.00 Å². The van der Waals surface area contributed by atoms with Gasteiger partial charge in [-0.15, -0.1) is 0 Å². The predicted octanol–water partition coefficient (Wildman–Crippen LogP) is 3.98. The van der Waals surface area contributed by atoms with Crippen molar-refractivity contribution < 1.29 is 18.3 Å². The molecule has 0 bridgehead atoms. The van der Waals surface area contributed by atoms with E-state index in [9.17, 15) is 13.6 Å². The molecule has 2 aromatic rings. The molecule has 2 rings (SSSR count). The number of carbonyl (C=O) groups is 1. The second-order valence-corrected chi connectivity index (χ2v) is 4.29. The SMILES string of the molecule is COc1ccc(C(F)F)cc1-c1cc(C#N)ccc1C=O. The summed E-state index contributed by atoms with van der Waals surface area (Å²) >= 11 is 0. The molecule has 0 aliphatic rings. The number of aldehydes is 1. The van der Waals surface area contributed by atoms with E-state index in [1.807, 2.05) is 6.07 Å². The lowest BCUT2D eigenvalue weighted by Gasteiger charge is -2.12. The van der Waals surface area contributed by atoms with Crippen LogP contribution in [0.4, 0.5) is 8.78 Å². The molecular weight excluding hydrogens is 276 g/mol. The molecule has 0 aliphatic heterocycles. The number of rotatable bonds is 4. The second-order valence-electron chi connectivity index (χ2n) is 4.29. The molecule has 0 atom stereocenters. The average Bonchev–Trinajstić information content (AvgIpc) is 2.53. The summed E-state index contributed by atoms with van der Waals surface area (Å²) in [5.41, 5.74) is 1.21. The van der Waals surface area contributed by atoms with E-state index >= 15 is 0 Å². The molecule has 0 unspecified atom stereocenters. The Morgan fingerprint density at radius 2 is 1.95 bits per heavy atom. The minimum Gasteiger partial charge on any atom is -0.496 e. The Balaban J connectivity index is 2.72. The second kappa shape index (κ2) is 6.14. The number of halogens is 2. The summed E-state index contributed by atoms with van der Waals surface area (Å²) in [5.74, 6) is 0.359. The van der Waals surface area contributed by atoms with E-state index in [1.165, 1.54) is 43.5 Å². The van der Waals surface area contributed by atoms with Gasteiger partial charge in [0.25, 0.3) is 6.43 Å². The van der Waals surface area contributed by atoms with E-state index in [2.05, 4.69) is 0 Å². The first kappa shape index (κ1) is 14.7. The van der Waals surface area contributed by atoms with Gasteiger partial charge in [0.1, 0.15) is 5.75 Å². The summed E-state index contributed by atoms with van der Waals surface area (Å²) in [6, 6.07) is 10.4. The van der Waals surface area contributed by atoms with Crippen molar-refractivity contribution in [2.45, 2.75) is 6.43 Å². The molecule has 0 aliphatic carbocycles. The van der Waals surface area contributed by atoms with E-state index in [0.717, 1.165) is 0 Å². The highest BCUT2D eigenvalue weighted by Gasteiger charge is 2.15. The Hall–Kier alpha value is -2.74. The maximum Gasteiger partial charge on any atom is 0.263 e. The summed E-state index contributed by atoms with van der Waals surface area (Å²) in [5, 5.41) is 8.95. The van der Waals surface area contributed by atoms with Crippen LogP contribution in [0.5, 0.6) is 5.75 Å².